The predicted octanol–water partition coefficient (Wildman–Crippen LogP) is 2.93. The molecule has 0 atom stereocenters. The molecule has 20 heavy (non-hydrogen) atoms. The van der Waals surface area contributed by atoms with E-state index < -0.39 is 0 Å². The molecular weight excluding hydrogens is 266 g/mol. The number of aromatic nitrogens is 1. The van der Waals surface area contributed by atoms with Gasteiger partial charge in [-0.25, -0.2) is 0 Å². The highest BCUT2D eigenvalue weighted by atomic mass is 32.1. The van der Waals surface area contributed by atoms with Crippen LogP contribution in [-0.4, -0.2) is 30.0 Å². The van der Waals surface area contributed by atoms with Crippen molar-refractivity contribution in [3.63, 3.8) is 0 Å². The van der Waals surface area contributed by atoms with E-state index in [0.717, 1.165) is 44.0 Å². The second-order valence-corrected chi connectivity index (χ2v) is 6.00. The van der Waals surface area contributed by atoms with E-state index in [-0.39, 0.29) is 0 Å². The van der Waals surface area contributed by atoms with Crippen molar-refractivity contribution in [3.05, 3.63) is 52.0 Å². The summed E-state index contributed by atoms with van der Waals surface area (Å²) >= 11 is 1.83. The molecule has 0 unspecified atom stereocenters. The molecule has 2 rings (SSSR count). The molecule has 0 bridgehead atoms. The predicted molar refractivity (Wildman–Crippen MR) is 86.0 cm³/mol. The van der Waals surface area contributed by atoms with Crippen molar-refractivity contribution in [3.8, 4) is 0 Å². The smallest absolute Gasteiger partial charge is 0.0547 e. The minimum Gasteiger partial charge on any atom is -0.311 e. The van der Waals surface area contributed by atoms with Gasteiger partial charge >= 0.3 is 0 Å². The van der Waals surface area contributed by atoms with Crippen LogP contribution >= 0.6 is 11.3 Å². The van der Waals surface area contributed by atoms with Gasteiger partial charge < -0.3 is 10.2 Å². The molecule has 108 valence electrons. The highest BCUT2D eigenvalue weighted by Gasteiger charge is 2.04. The highest BCUT2D eigenvalue weighted by Crippen LogP contribution is 2.10. The van der Waals surface area contributed by atoms with Crippen LogP contribution in [0.4, 0.5) is 0 Å². The summed E-state index contributed by atoms with van der Waals surface area (Å²) < 4.78 is 0. The number of likely N-dealkylation sites (N-methyl/N-ethyl adjacent to an activating group) is 1. The molecule has 0 saturated carbocycles. The third-order valence-corrected chi connectivity index (χ3v) is 4.11. The van der Waals surface area contributed by atoms with E-state index in [2.05, 4.69) is 59.9 Å². The Bertz CT molecular complexity index is 496. The quantitative estimate of drug-likeness (QED) is 0.810. The second-order valence-electron chi connectivity index (χ2n) is 4.97. The van der Waals surface area contributed by atoms with Crippen molar-refractivity contribution < 1.29 is 0 Å². The molecule has 3 nitrogen and oxygen atoms in total. The normalized spacial score (nSPS) is 11.2. The summed E-state index contributed by atoms with van der Waals surface area (Å²) in [5.41, 5.74) is 2.27. The maximum atomic E-state index is 4.69. The Morgan fingerprint density at radius 2 is 2.05 bits per heavy atom. The highest BCUT2D eigenvalue weighted by molar-refractivity contribution is 7.09. The molecule has 2 aromatic rings. The van der Waals surface area contributed by atoms with Crippen molar-refractivity contribution in [2.75, 3.05) is 20.1 Å². The monoisotopic (exact) mass is 289 g/mol. The first-order chi connectivity index (χ1) is 9.78. The van der Waals surface area contributed by atoms with Gasteiger partial charge in [0.2, 0.25) is 0 Å². The van der Waals surface area contributed by atoms with E-state index in [1.807, 2.05) is 11.3 Å². The molecule has 2 aromatic heterocycles. The van der Waals surface area contributed by atoms with Crippen LogP contribution in [-0.2, 0) is 19.5 Å². The van der Waals surface area contributed by atoms with E-state index in [4.69, 9.17) is 4.98 Å². The van der Waals surface area contributed by atoms with Crippen molar-refractivity contribution in [2.24, 2.45) is 0 Å². The molecule has 0 aliphatic heterocycles. The fourth-order valence-corrected chi connectivity index (χ4v) is 2.78. The Morgan fingerprint density at radius 1 is 1.20 bits per heavy atom. The molecule has 0 aliphatic carbocycles. The molecule has 0 aliphatic rings. The number of hydrogen-bond acceptors (Lipinski definition) is 4. The number of hydrogen-bond donors (Lipinski definition) is 1. The van der Waals surface area contributed by atoms with Gasteiger partial charge in [-0.05, 0) is 43.6 Å². The Balaban J connectivity index is 1.82. The maximum Gasteiger partial charge on any atom is 0.0547 e. The molecule has 0 amide bonds. The molecule has 4 heteroatoms. The van der Waals surface area contributed by atoms with Crippen molar-refractivity contribution >= 4 is 11.3 Å². The van der Waals surface area contributed by atoms with E-state index in [9.17, 15) is 0 Å². The Labute approximate surface area is 125 Å². The lowest BCUT2D eigenvalue weighted by Crippen LogP contribution is -2.21. The number of thiophene rings is 1. The fraction of sp³-hybridized carbons (Fsp3) is 0.438. The van der Waals surface area contributed by atoms with E-state index >= 15 is 0 Å². The number of nitrogens with one attached hydrogen (secondary N) is 1. The first kappa shape index (κ1) is 15.2. The summed E-state index contributed by atoms with van der Waals surface area (Å²) in [6.45, 7) is 5.92. The largest absolute Gasteiger partial charge is 0.311 e. The van der Waals surface area contributed by atoms with E-state index in [1.165, 1.54) is 4.88 Å². The molecular formula is C16H23N3S. The SMILES string of the molecule is CCNCc1cccc(CN(C)CCc2cccs2)n1. The average Bonchev–Trinajstić information content (AvgIpc) is 2.97. The fourth-order valence-electron chi connectivity index (χ4n) is 2.08. The zero-order valence-corrected chi connectivity index (χ0v) is 13.1. The van der Waals surface area contributed by atoms with Gasteiger partial charge in [0.15, 0.2) is 0 Å². The van der Waals surface area contributed by atoms with Gasteiger partial charge in [-0.2, -0.15) is 0 Å². The summed E-state index contributed by atoms with van der Waals surface area (Å²) in [4.78, 5) is 8.48. The molecule has 0 saturated heterocycles. The Hall–Kier alpha value is -1.23. The van der Waals surface area contributed by atoms with Gasteiger partial charge in [0, 0.05) is 24.5 Å². The van der Waals surface area contributed by atoms with Gasteiger partial charge in [0.25, 0.3) is 0 Å². The summed E-state index contributed by atoms with van der Waals surface area (Å²) in [6, 6.07) is 10.6. The average molecular weight is 289 g/mol. The zero-order chi connectivity index (χ0) is 14.2. The minimum atomic E-state index is 0.850. The minimum absolute atomic E-state index is 0.850. The van der Waals surface area contributed by atoms with Gasteiger partial charge in [0.05, 0.1) is 11.4 Å². The Kier molecular flexibility index (Phi) is 6.18. The van der Waals surface area contributed by atoms with Gasteiger partial charge in [-0.15, -0.1) is 11.3 Å². The number of rotatable bonds is 8. The van der Waals surface area contributed by atoms with E-state index in [0.29, 0.717) is 0 Å². The van der Waals surface area contributed by atoms with Crippen LogP contribution in [0, 0.1) is 0 Å². The number of pyridine rings is 1. The zero-order valence-electron chi connectivity index (χ0n) is 12.3. The molecule has 0 radical (unpaired) electrons. The van der Waals surface area contributed by atoms with Crippen molar-refractivity contribution in [1.82, 2.24) is 15.2 Å². The van der Waals surface area contributed by atoms with E-state index in [1.54, 1.807) is 0 Å². The van der Waals surface area contributed by atoms with Crippen LogP contribution in [0.1, 0.15) is 23.2 Å². The molecule has 0 fully saturated rings. The number of nitrogens with zero attached hydrogens (tertiary/aromatic N) is 2. The van der Waals surface area contributed by atoms with Crippen LogP contribution in [0.15, 0.2) is 35.7 Å². The van der Waals surface area contributed by atoms with Crippen LogP contribution in [0.25, 0.3) is 0 Å². The lowest BCUT2D eigenvalue weighted by atomic mass is 10.2. The summed E-state index contributed by atoms with van der Waals surface area (Å²) in [5.74, 6) is 0. The molecule has 1 N–H and O–H groups in total. The van der Waals surface area contributed by atoms with Crippen LogP contribution < -0.4 is 5.32 Å². The summed E-state index contributed by atoms with van der Waals surface area (Å²) in [6.07, 6.45) is 1.12. The topological polar surface area (TPSA) is 28.2 Å². The van der Waals surface area contributed by atoms with Gasteiger partial charge in [-0.1, -0.05) is 19.1 Å². The van der Waals surface area contributed by atoms with Crippen molar-refractivity contribution in [1.29, 1.82) is 0 Å². The third-order valence-electron chi connectivity index (χ3n) is 3.17. The molecule has 2 heterocycles. The molecule has 0 aromatic carbocycles. The second kappa shape index (κ2) is 8.15. The molecule has 0 spiro atoms. The van der Waals surface area contributed by atoms with Crippen LogP contribution in [0.2, 0.25) is 0 Å². The first-order valence-corrected chi connectivity index (χ1v) is 8.02. The Morgan fingerprint density at radius 3 is 2.80 bits per heavy atom. The first-order valence-electron chi connectivity index (χ1n) is 7.14. The third kappa shape index (κ3) is 5.04. The van der Waals surface area contributed by atoms with Gasteiger partial charge in [-0.3, -0.25) is 4.98 Å². The summed E-state index contributed by atoms with van der Waals surface area (Å²) in [5, 5.41) is 5.45. The van der Waals surface area contributed by atoms with Crippen LogP contribution in [0.5, 0.6) is 0 Å². The lowest BCUT2D eigenvalue weighted by Gasteiger charge is -2.16. The lowest BCUT2D eigenvalue weighted by molar-refractivity contribution is 0.327. The van der Waals surface area contributed by atoms with Crippen molar-refractivity contribution in [2.45, 2.75) is 26.4 Å². The van der Waals surface area contributed by atoms with Crippen LogP contribution in [0.3, 0.4) is 0 Å². The van der Waals surface area contributed by atoms with Gasteiger partial charge in [0.1, 0.15) is 0 Å². The standard InChI is InChI=1S/C16H23N3S/c1-3-17-12-14-6-4-7-15(18-14)13-19(2)10-9-16-8-5-11-20-16/h4-8,11,17H,3,9-10,12-13H2,1-2H3. The maximum absolute atomic E-state index is 4.69. The summed E-state index contributed by atoms with van der Waals surface area (Å²) in [7, 11) is 2.16.